The van der Waals surface area contributed by atoms with E-state index in [2.05, 4.69) is 55.7 Å². The minimum absolute atomic E-state index is 0.130. The zero-order valence-corrected chi connectivity index (χ0v) is 19.1. The van der Waals surface area contributed by atoms with E-state index in [1.807, 2.05) is 12.1 Å². The molecule has 3 rings (SSSR count). The molecule has 1 aromatic carbocycles. The highest BCUT2D eigenvalue weighted by Crippen LogP contribution is 2.33. The van der Waals surface area contributed by atoms with E-state index in [0.717, 1.165) is 17.5 Å². The maximum absolute atomic E-state index is 6.11. The predicted molar refractivity (Wildman–Crippen MR) is 122 cm³/mol. The standard InChI is InChI=1S/C25H39ClN2/c1-20(2)18-24(19-25(3,4)21-8-10-22(26)11-9-21)28-16-12-23(13-17-28)27-14-6-5-7-15-27/h8-11,18,23-24H,5-7,12-17,19H2,1-4H3. The van der Waals surface area contributed by atoms with E-state index in [-0.39, 0.29) is 5.41 Å². The zero-order chi connectivity index (χ0) is 20.1. The third-order valence-electron chi connectivity index (χ3n) is 6.75. The monoisotopic (exact) mass is 402 g/mol. The fourth-order valence-electron chi connectivity index (χ4n) is 5.09. The number of halogens is 1. The van der Waals surface area contributed by atoms with Gasteiger partial charge in [-0.1, -0.05) is 55.7 Å². The molecule has 1 atom stereocenters. The molecule has 156 valence electrons. The summed E-state index contributed by atoms with van der Waals surface area (Å²) in [5.41, 5.74) is 2.94. The lowest BCUT2D eigenvalue weighted by atomic mass is 9.78. The number of piperidine rings is 2. The van der Waals surface area contributed by atoms with Crippen LogP contribution in [0.2, 0.25) is 5.02 Å². The molecule has 2 heterocycles. The van der Waals surface area contributed by atoms with Crippen molar-refractivity contribution >= 4 is 11.6 Å². The Morgan fingerprint density at radius 1 is 1.04 bits per heavy atom. The maximum atomic E-state index is 6.11. The maximum Gasteiger partial charge on any atom is 0.0406 e. The van der Waals surface area contributed by atoms with Crippen molar-refractivity contribution in [2.45, 2.75) is 83.7 Å². The van der Waals surface area contributed by atoms with Gasteiger partial charge in [-0.25, -0.2) is 0 Å². The van der Waals surface area contributed by atoms with Gasteiger partial charge in [-0.05, 0) is 82.2 Å². The van der Waals surface area contributed by atoms with Gasteiger partial charge in [0.2, 0.25) is 0 Å². The highest BCUT2D eigenvalue weighted by atomic mass is 35.5. The lowest BCUT2D eigenvalue weighted by Crippen LogP contribution is -2.49. The summed E-state index contributed by atoms with van der Waals surface area (Å²) in [6.45, 7) is 14.3. The number of likely N-dealkylation sites (tertiary alicyclic amines) is 2. The van der Waals surface area contributed by atoms with E-state index in [4.69, 9.17) is 11.6 Å². The smallest absolute Gasteiger partial charge is 0.0406 e. The van der Waals surface area contributed by atoms with Crippen molar-refractivity contribution in [3.05, 3.63) is 46.5 Å². The summed E-state index contributed by atoms with van der Waals surface area (Å²) >= 11 is 6.11. The molecule has 0 radical (unpaired) electrons. The molecule has 0 aliphatic carbocycles. The Bertz CT molecular complexity index is 631. The predicted octanol–water partition coefficient (Wildman–Crippen LogP) is 6.29. The molecule has 0 saturated carbocycles. The first-order valence-corrected chi connectivity index (χ1v) is 11.6. The molecule has 2 fully saturated rings. The molecule has 1 unspecified atom stereocenters. The van der Waals surface area contributed by atoms with Crippen LogP contribution in [0.4, 0.5) is 0 Å². The summed E-state index contributed by atoms with van der Waals surface area (Å²) in [4.78, 5) is 5.51. The summed E-state index contributed by atoms with van der Waals surface area (Å²) in [7, 11) is 0. The van der Waals surface area contributed by atoms with Crippen LogP contribution in [0.15, 0.2) is 35.9 Å². The highest BCUT2D eigenvalue weighted by Gasteiger charge is 2.32. The summed E-state index contributed by atoms with van der Waals surface area (Å²) < 4.78 is 0. The Kier molecular flexibility index (Phi) is 7.64. The van der Waals surface area contributed by atoms with Crippen LogP contribution in [0, 0.1) is 0 Å². The van der Waals surface area contributed by atoms with Crippen LogP contribution >= 0.6 is 11.6 Å². The molecule has 3 heteroatoms. The first-order valence-electron chi connectivity index (χ1n) is 11.2. The van der Waals surface area contributed by atoms with E-state index in [1.54, 1.807) is 0 Å². The molecule has 1 aromatic rings. The quantitative estimate of drug-likeness (QED) is 0.515. The Balaban J connectivity index is 1.65. The fourth-order valence-corrected chi connectivity index (χ4v) is 5.21. The van der Waals surface area contributed by atoms with E-state index < -0.39 is 0 Å². The van der Waals surface area contributed by atoms with E-state index in [9.17, 15) is 0 Å². The molecule has 0 N–H and O–H groups in total. The number of hydrogen-bond acceptors (Lipinski definition) is 2. The van der Waals surface area contributed by atoms with Gasteiger partial charge in [0.1, 0.15) is 0 Å². The van der Waals surface area contributed by atoms with Gasteiger partial charge in [0.25, 0.3) is 0 Å². The van der Waals surface area contributed by atoms with Crippen molar-refractivity contribution in [1.29, 1.82) is 0 Å². The van der Waals surface area contributed by atoms with Crippen molar-refractivity contribution in [3.63, 3.8) is 0 Å². The van der Waals surface area contributed by atoms with Gasteiger partial charge in [0.05, 0.1) is 0 Å². The van der Waals surface area contributed by atoms with Gasteiger partial charge >= 0.3 is 0 Å². The van der Waals surface area contributed by atoms with Gasteiger partial charge < -0.3 is 4.90 Å². The van der Waals surface area contributed by atoms with Gasteiger partial charge in [-0.2, -0.15) is 0 Å². The van der Waals surface area contributed by atoms with E-state index in [1.165, 1.54) is 69.4 Å². The Hall–Kier alpha value is -0.830. The third kappa shape index (κ3) is 5.84. The Labute approximate surface area is 177 Å². The summed E-state index contributed by atoms with van der Waals surface area (Å²) in [5.74, 6) is 0. The third-order valence-corrected chi connectivity index (χ3v) is 7.00. The molecule has 0 bridgehead atoms. The summed E-state index contributed by atoms with van der Waals surface area (Å²) in [5, 5.41) is 0.820. The second-order valence-electron chi connectivity index (χ2n) is 9.77. The van der Waals surface area contributed by atoms with Crippen molar-refractivity contribution in [2.24, 2.45) is 0 Å². The molecule has 0 spiro atoms. The van der Waals surface area contributed by atoms with Crippen molar-refractivity contribution in [1.82, 2.24) is 9.80 Å². The normalized spacial score (nSPS) is 21.5. The van der Waals surface area contributed by atoms with Gasteiger partial charge in [0, 0.05) is 30.2 Å². The molecular formula is C25H39ClN2. The van der Waals surface area contributed by atoms with Crippen molar-refractivity contribution in [3.8, 4) is 0 Å². The lowest BCUT2D eigenvalue weighted by molar-refractivity contribution is 0.0755. The van der Waals surface area contributed by atoms with E-state index in [0.29, 0.717) is 6.04 Å². The summed E-state index contributed by atoms with van der Waals surface area (Å²) in [6.07, 6.45) is 10.5. The highest BCUT2D eigenvalue weighted by molar-refractivity contribution is 6.30. The summed E-state index contributed by atoms with van der Waals surface area (Å²) in [6, 6.07) is 9.78. The molecule has 28 heavy (non-hydrogen) atoms. The molecule has 2 aliphatic rings. The van der Waals surface area contributed by atoms with Crippen LogP contribution in [0.25, 0.3) is 0 Å². The zero-order valence-electron chi connectivity index (χ0n) is 18.4. The minimum Gasteiger partial charge on any atom is -0.300 e. The number of hydrogen-bond donors (Lipinski definition) is 0. The topological polar surface area (TPSA) is 6.48 Å². The van der Waals surface area contributed by atoms with Crippen molar-refractivity contribution in [2.75, 3.05) is 26.2 Å². The number of allylic oxidation sites excluding steroid dienone is 1. The molecule has 2 aliphatic heterocycles. The Morgan fingerprint density at radius 3 is 2.21 bits per heavy atom. The van der Waals surface area contributed by atoms with E-state index >= 15 is 0 Å². The number of benzene rings is 1. The lowest BCUT2D eigenvalue weighted by Gasteiger charge is -2.43. The van der Waals surface area contributed by atoms with Gasteiger partial charge in [0.15, 0.2) is 0 Å². The van der Waals surface area contributed by atoms with Crippen LogP contribution in [-0.4, -0.2) is 48.1 Å². The minimum atomic E-state index is 0.130. The number of nitrogens with zero attached hydrogens (tertiary/aromatic N) is 2. The second-order valence-corrected chi connectivity index (χ2v) is 10.2. The molecule has 0 amide bonds. The SMILES string of the molecule is CC(C)=CC(CC(C)(C)c1ccc(Cl)cc1)N1CCC(N2CCCCC2)CC1. The average molecular weight is 403 g/mol. The Morgan fingerprint density at radius 2 is 1.64 bits per heavy atom. The van der Waals surface area contributed by atoms with Crippen LogP contribution < -0.4 is 0 Å². The van der Waals surface area contributed by atoms with Crippen LogP contribution in [0.3, 0.4) is 0 Å². The fraction of sp³-hybridized carbons (Fsp3) is 0.680. The number of rotatable bonds is 6. The first kappa shape index (κ1) is 21.9. The average Bonchev–Trinajstić information content (AvgIpc) is 2.68. The molecule has 0 aromatic heterocycles. The van der Waals surface area contributed by atoms with Gasteiger partial charge in [-0.3, -0.25) is 4.90 Å². The van der Waals surface area contributed by atoms with Gasteiger partial charge in [-0.15, -0.1) is 0 Å². The molecule has 2 saturated heterocycles. The second kappa shape index (κ2) is 9.78. The molecular weight excluding hydrogens is 364 g/mol. The van der Waals surface area contributed by atoms with Crippen LogP contribution in [0.5, 0.6) is 0 Å². The van der Waals surface area contributed by atoms with Crippen molar-refractivity contribution < 1.29 is 0 Å². The van der Waals surface area contributed by atoms with Crippen LogP contribution in [-0.2, 0) is 5.41 Å². The van der Waals surface area contributed by atoms with Crippen LogP contribution in [0.1, 0.15) is 71.8 Å². The largest absolute Gasteiger partial charge is 0.300 e. The first-order chi connectivity index (χ1) is 13.3. The molecule has 2 nitrogen and oxygen atoms in total.